The minimum Gasteiger partial charge on any atom is -0.313 e. The third-order valence-electron chi connectivity index (χ3n) is 2.70. The highest BCUT2D eigenvalue weighted by Gasteiger charge is 2.31. The number of thiophene rings is 1. The zero-order valence-electron chi connectivity index (χ0n) is 9.97. The summed E-state index contributed by atoms with van der Waals surface area (Å²) in [5, 5.41) is 5.52. The van der Waals surface area contributed by atoms with Crippen LogP contribution in [0.15, 0.2) is 15.9 Å². The van der Waals surface area contributed by atoms with Crippen LogP contribution in [-0.2, 0) is 0 Å². The number of hydrogen-bond acceptors (Lipinski definition) is 3. The fourth-order valence-electron chi connectivity index (χ4n) is 1.86. The zero-order valence-corrected chi connectivity index (χ0v) is 12.4. The second kappa shape index (κ2) is 4.95. The fourth-order valence-corrected chi connectivity index (χ4v) is 3.69. The molecule has 1 aromatic heterocycles. The second-order valence-corrected chi connectivity index (χ2v) is 6.36. The van der Waals surface area contributed by atoms with E-state index in [2.05, 4.69) is 65.5 Å². The van der Waals surface area contributed by atoms with Crippen LogP contribution in [-0.4, -0.2) is 31.6 Å². The van der Waals surface area contributed by atoms with E-state index in [0.717, 1.165) is 0 Å². The maximum absolute atomic E-state index is 3.51. The van der Waals surface area contributed by atoms with Crippen molar-refractivity contribution < 1.29 is 0 Å². The first-order valence-corrected chi connectivity index (χ1v) is 6.65. The van der Waals surface area contributed by atoms with Gasteiger partial charge in [-0.1, -0.05) is 0 Å². The van der Waals surface area contributed by atoms with Crippen LogP contribution in [0.25, 0.3) is 0 Å². The third-order valence-corrected chi connectivity index (χ3v) is 4.45. The monoisotopic (exact) mass is 290 g/mol. The second-order valence-electron chi connectivity index (χ2n) is 4.51. The smallest absolute Gasteiger partial charge is 0.0614 e. The first-order chi connectivity index (χ1) is 6.88. The van der Waals surface area contributed by atoms with Crippen LogP contribution in [0.3, 0.4) is 0 Å². The van der Waals surface area contributed by atoms with Gasteiger partial charge in [-0.15, -0.1) is 11.3 Å². The summed E-state index contributed by atoms with van der Waals surface area (Å²) in [5.41, 5.74) is 0.0633. The van der Waals surface area contributed by atoms with Gasteiger partial charge in [0, 0.05) is 20.3 Å². The minimum absolute atomic E-state index is 0.0633. The zero-order chi connectivity index (χ0) is 11.6. The van der Waals surface area contributed by atoms with E-state index in [1.54, 1.807) is 11.3 Å². The molecule has 0 spiro atoms. The number of rotatable bonds is 4. The van der Waals surface area contributed by atoms with E-state index in [0.29, 0.717) is 6.04 Å². The van der Waals surface area contributed by atoms with Gasteiger partial charge in [0.15, 0.2) is 0 Å². The average Bonchev–Trinajstić information content (AvgIpc) is 2.51. The molecule has 0 saturated carbocycles. The van der Waals surface area contributed by atoms with Crippen LogP contribution in [0.5, 0.6) is 0 Å². The van der Waals surface area contributed by atoms with Crippen LogP contribution in [0, 0.1) is 0 Å². The molecule has 0 aliphatic heterocycles. The summed E-state index contributed by atoms with van der Waals surface area (Å²) < 4.78 is 1.17. The molecule has 0 radical (unpaired) electrons. The summed E-state index contributed by atoms with van der Waals surface area (Å²) in [6.45, 7) is 4.45. The fraction of sp³-hybridized carbons (Fsp3) is 0.636. The molecule has 1 aromatic rings. The highest BCUT2D eigenvalue weighted by atomic mass is 79.9. The lowest BCUT2D eigenvalue weighted by Crippen LogP contribution is -2.47. The Hall–Kier alpha value is 0.1000. The molecule has 86 valence electrons. The van der Waals surface area contributed by atoms with Gasteiger partial charge in [-0.3, -0.25) is 0 Å². The van der Waals surface area contributed by atoms with Crippen molar-refractivity contribution in [1.82, 2.24) is 10.2 Å². The molecule has 1 heterocycles. The van der Waals surface area contributed by atoms with E-state index >= 15 is 0 Å². The molecule has 0 aliphatic carbocycles. The van der Waals surface area contributed by atoms with Gasteiger partial charge in [0.05, 0.1) is 6.04 Å². The Morgan fingerprint density at radius 3 is 2.40 bits per heavy atom. The minimum atomic E-state index is 0.0633. The highest BCUT2D eigenvalue weighted by Crippen LogP contribution is 2.35. The summed E-state index contributed by atoms with van der Waals surface area (Å²) >= 11 is 5.31. The lowest BCUT2D eigenvalue weighted by molar-refractivity contribution is 0.181. The molecule has 0 aromatic carbocycles. The Morgan fingerprint density at radius 1 is 1.47 bits per heavy atom. The molecule has 0 amide bonds. The Bertz CT molecular complexity index is 320. The molecular weight excluding hydrogens is 272 g/mol. The molecule has 1 N–H and O–H groups in total. The molecule has 15 heavy (non-hydrogen) atoms. The lowest BCUT2D eigenvalue weighted by atomic mass is 9.92. The molecule has 4 heteroatoms. The van der Waals surface area contributed by atoms with Crippen molar-refractivity contribution >= 4 is 27.3 Å². The van der Waals surface area contributed by atoms with Crippen molar-refractivity contribution in [1.29, 1.82) is 0 Å². The molecule has 2 nitrogen and oxygen atoms in total. The summed E-state index contributed by atoms with van der Waals surface area (Å²) in [5.74, 6) is 0. The summed E-state index contributed by atoms with van der Waals surface area (Å²) in [6.07, 6.45) is 0. The molecule has 1 rings (SSSR count). The first-order valence-electron chi connectivity index (χ1n) is 4.97. The van der Waals surface area contributed by atoms with Gasteiger partial charge in [0.1, 0.15) is 0 Å². The van der Waals surface area contributed by atoms with Crippen LogP contribution < -0.4 is 5.32 Å². The van der Waals surface area contributed by atoms with E-state index in [1.807, 2.05) is 7.05 Å². The first kappa shape index (κ1) is 13.2. The Balaban J connectivity index is 3.03. The van der Waals surface area contributed by atoms with Crippen molar-refractivity contribution in [3.05, 3.63) is 20.8 Å². The van der Waals surface area contributed by atoms with Crippen molar-refractivity contribution in [3.8, 4) is 0 Å². The van der Waals surface area contributed by atoms with Crippen LogP contribution in [0.2, 0.25) is 0 Å². The number of hydrogen-bond donors (Lipinski definition) is 1. The SMILES string of the molecule is CNC(C)(C)C(c1cc(Br)cs1)N(C)C. The van der Waals surface area contributed by atoms with Crippen molar-refractivity contribution in [2.75, 3.05) is 21.1 Å². The molecule has 1 atom stereocenters. The quantitative estimate of drug-likeness (QED) is 0.917. The van der Waals surface area contributed by atoms with Crippen molar-refractivity contribution in [2.45, 2.75) is 25.4 Å². The average molecular weight is 291 g/mol. The largest absolute Gasteiger partial charge is 0.313 e. The number of halogens is 1. The standard InChI is InChI=1S/C11H19BrN2S/c1-11(2,13-3)10(14(4)5)9-6-8(12)7-15-9/h6-7,10,13H,1-5H3. The van der Waals surface area contributed by atoms with E-state index in [4.69, 9.17) is 0 Å². The van der Waals surface area contributed by atoms with Crippen LogP contribution in [0.1, 0.15) is 24.8 Å². The Morgan fingerprint density at radius 2 is 2.07 bits per heavy atom. The summed E-state index contributed by atoms with van der Waals surface area (Å²) in [7, 11) is 6.26. The van der Waals surface area contributed by atoms with E-state index in [1.165, 1.54) is 9.35 Å². The van der Waals surface area contributed by atoms with E-state index in [-0.39, 0.29) is 5.54 Å². The predicted molar refractivity (Wildman–Crippen MR) is 71.6 cm³/mol. The van der Waals surface area contributed by atoms with Crippen LogP contribution in [0.4, 0.5) is 0 Å². The Labute approximate surface area is 105 Å². The highest BCUT2D eigenvalue weighted by molar-refractivity contribution is 9.10. The van der Waals surface area contributed by atoms with Gasteiger partial charge in [0.25, 0.3) is 0 Å². The maximum Gasteiger partial charge on any atom is 0.0614 e. The summed E-state index contributed by atoms with van der Waals surface area (Å²) in [4.78, 5) is 3.64. The number of likely N-dealkylation sites (N-methyl/N-ethyl adjacent to an activating group) is 2. The van der Waals surface area contributed by atoms with Gasteiger partial charge in [-0.05, 0) is 57.0 Å². The molecular formula is C11H19BrN2S. The van der Waals surface area contributed by atoms with E-state index < -0.39 is 0 Å². The molecule has 0 saturated heterocycles. The Kier molecular flexibility index (Phi) is 4.35. The van der Waals surface area contributed by atoms with Crippen molar-refractivity contribution in [3.63, 3.8) is 0 Å². The summed E-state index contributed by atoms with van der Waals surface area (Å²) in [6, 6.07) is 2.59. The van der Waals surface area contributed by atoms with Crippen LogP contribution >= 0.6 is 27.3 Å². The molecule has 0 bridgehead atoms. The number of nitrogens with one attached hydrogen (secondary N) is 1. The van der Waals surface area contributed by atoms with Gasteiger partial charge < -0.3 is 10.2 Å². The van der Waals surface area contributed by atoms with Gasteiger partial charge >= 0.3 is 0 Å². The molecule has 1 unspecified atom stereocenters. The van der Waals surface area contributed by atoms with Gasteiger partial charge in [-0.2, -0.15) is 0 Å². The molecule has 0 fully saturated rings. The normalized spacial score (nSPS) is 14.6. The molecule has 0 aliphatic rings. The lowest BCUT2D eigenvalue weighted by Gasteiger charge is -2.38. The van der Waals surface area contributed by atoms with Gasteiger partial charge in [-0.25, -0.2) is 0 Å². The predicted octanol–water partition coefficient (Wildman–Crippen LogP) is 3.11. The van der Waals surface area contributed by atoms with E-state index in [9.17, 15) is 0 Å². The van der Waals surface area contributed by atoms with Crippen molar-refractivity contribution in [2.24, 2.45) is 0 Å². The maximum atomic E-state index is 3.51. The topological polar surface area (TPSA) is 15.3 Å². The third kappa shape index (κ3) is 3.03. The van der Waals surface area contributed by atoms with Gasteiger partial charge in [0.2, 0.25) is 0 Å². The number of nitrogens with zero attached hydrogens (tertiary/aromatic N) is 1.